The van der Waals surface area contributed by atoms with Crippen molar-refractivity contribution in [2.24, 2.45) is 0 Å². The number of carbonyl (C=O) groups excluding carboxylic acids is 1. The van der Waals surface area contributed by atoms with Crippen LogP contribution in [0.2, 0.25) is 0 Å². The number of fused-ring (bicyclic) bond motifs is 1. The first-order valence-corrected chi connectivity index (χ1v) is 11.6. The number of carbonyl (C=O) groups is 1. The van der Waals surface area contributed by atoms with Gasteiger partial charge in [0.15, 0.2) is 17.2 Å². The molecule has 10 heteroatoms. The summed E-state index contributed by atoms with van der Waals surface area (Å²) in [7, 11) is 3.56. The van der Waals surface area contributed by atoms with Gasteiger partial charge >= 0.3 is 0 Å². The van der Waals surface area contributed by atoms with Crippen LogP contribution >= 0.6 is 0 Å². The molecule has 4 aromatic heterocycles. The highest BCUT2D eigenvalue weighted by Crippen LogP contribution is 2.26. The molecule has 0 aliphatic heterocycles. The van der Waals surface area contributed by atoms with Crippen molar-refractivity contribution >= 4 is 28.6 Å². The standard InChI is InChI=1S/C27H25N7O3/c1-18(35)23-16-29-26-22(32(2)17-19-9-11-20(37-3)12-10-19)15-24(31-34(23)26)30-21-7-6-14-33(27(21)36)25-8-4-5-13-28-25/h4-16H,17H2,1-3H3,(H,30,31). The van der Waals surface area contributed by atoms with E-state index in [1.165, 1.54) is 22.2 Å². The van der Waals surface area contributed by atoms with E-state index in [-0.39, 0.29) is 11.3 Å². The number of hydrogen-bond acceptors (Lipinski definition) is 8. The monoisotopic (exact) mass is 495 g/mol. The number of aromatic nitrogens is 5. The quantitative estimate of drug-likeness (QED) is 0.324. The van der Waals surface area contributed by atoms with Gasteiger partial charge in [-0.15, -0.1) is 5.10 Å². The molecule has 0 atom stereocenters. The lowest BCUT2D eigenvalue weighted by Crippen LogP contribution is -2.22. The van der Waals surface area contributed by atoms with E-state index in [1.54, 1.807) is 43.8 Å². The molecule has 0 fully saturated rings. The Labute approximate surface area is 212 Å². The number of ether oxygens (including phenoxy) is 1. The molecule has 186 valence electrons. The van der Waals surface area contributed by atoms with Gasteiger partial charge in [-0.25, -0.2) is 14.5 Å². The Morgan fingerprint density at radius 3 is 2.59 bits per heavy atom. The third kappa shape index (κ3) is 4.76. The number of Topliss-reactive ketones (excluding diaryl/α,β-unsaturated/α-hetero) is 1. The number of imidazole rings is 1. The highest BCUT2D eigenvalue weighted by molar-refractivity contribution is 5.93. The largest absolute Gasteiger partial charge is 0.497 e. The number of benzene rings is 1. The molecule has 0 aliphatic carbocycles. The van der Waals surface area contributed by atoms with Gasteiger partial charge in [0.05, 0.1) is 19.0 Å². The Kier molecular flexibility index (Phi) is 6.38. The second kappa shape index (κ2) is 9.94. The van der Waals surface area contributed by atoms with Crippen molar-refractivity contribution < 1.29 is 9.53 Å². The first-order valence-electron chi connectivity index (χ1n) is 11.6. The molecule has 0 amide bonds. The minimum absolute atomic E-state index is 0.168. The zero-order valence-corrected chi connectivity index (χ0v) is 20.6. The zero-order chi connectivity index (χ0) is 25.9. The van der Waals surface area contributed by atoms with Gasteiger partial charge in [-0.1, -0.05) is 18.2 Å². The number of anilines is 3. The summed E-state index contributed by atoms with van der Waals surface area (Å²) >= 11 is 0. The fourth-order valence-electron chi connectivity index (χ4n) is 4.03. The Balaban J connectivity index is 1.55. The van der Waals surface area contributed by atoms with Crippen LogP contribution < -0.4 is 20.5 Å². The molecule has 5 rings (SSSR count). The number of pyridine rings is 2. The second-order valence-electron chi connectivity index (χ2n) is 8.46. The summed E-state index contributed by atoms with van der Waals surface area (Å²) in [5, 5.41) is 7.71. The molecule has 0 bridgehead atoms. The normalized spacial score (nSPS) is 10.9. The lowest BCUT2D eigenvalue weighted by Gasteiger charge is -2.21. The third-order valence-electron chi connectivity index (χ3n) is 5.91. The Bertz CT molecular complexity index is 1630. The van der Waals surface area contributed by atoms with Crippen LogP contribution in [0, 0.1) is 0 Å². The molecule has 0 aliphatic rings. The lowest BCUT2D eigenvalue weighted by molar-refractivity contribution is 0.101. The molecule has 0 radical (unpaired) electrons. The van der Waals surface area contributed by atoms with E-state index in [2.05, 4.69) is 20.4 Å². The van der Waals surface area contributed by atoms with Crippen LogP contribution in [0.15, 0.2) is 84.0 Å². The maximum Gasteiger partial charge on any atom is 0.279 e. The van der Waals surface area contributed by atoms with Crippen LogP contribution in [0.4, 0.5) is 17.2 Å². The average Bonchev–Trinajstić information content (AvgIpc) is 3.35. The van der Waals surface area contributed by atoms with E-state index in [4.69, 9.17) is 4.74 Å². The zero-order valence-electron chi connectivity index (χ0n) is 20.6. The lowest BCUT2D eigenvalue weighted by atomic mass is 10.2. The molecule has 0 unspecified atom stereocenters. The molecule has 10 nitrogen and oxygen atoms in total. The van der Waals surface area contributed by atoms with Crippen molar-refractivity contribution in [3.8, 4) is 11.6 Å². The first kappa shape index (κ1) is 23.7. The van der Waals surface area contributed by atoms with Crippen LogP contribution in [0.1, 0.15) is 23.0 Å². The van der Waals surface area contributed by atoms with E-state index in [0.717, 1.165) is 17.0 Å². The van der Waals surface area contributed by atoms with E-state index in [0.29, 0.717) is 35.2 Å². The van der Waals surface area contributed by atoms with Gasteiger partial charge < -0.3 is 15.0 Å². The van der Waals surface area contributed by atoms with E-state index >= 15 is 0 Å². The number of methoxy groups -OCH3 is 1. The molecule has 37 heavy (non-hydrogen) atoms. The number of hydrogen-bond donors (Lipinski definition) is 1. The summed E-state index contributed by atoms with van der Waals surface area (Å²) in [5.41, 5.74) is 2.71. The van der Waals surface area contributed by atoms with Gasteiger partial charge in [-0.2, -0.15) is 0 Å². The summed E-state index contributed by atoms with van der Waals surface area (Å²) in [6, 6.07) is 18.4. The molecule has 4 heterocycles. The molecule has 1 aromatic carbocycles. The van der Waals surface area contributed by atoms with Crippen molar-refractivity contribution in [3.63, 3.8) is 0 Å². The fourth-order valence-corrected chi connectivity index (χ4v) is 4.03. The molecule has 1 N–H and O–H groups in total. The van der Waals surface area contributed by atoms with Crippen molar-refractivity contribution in [1.82, 2.24) is 24.1 Å². The number of rotatable bonds is 8. The highest BCUT2D eigenvalue weighted by Gasteiger charge is 2.18. The predicted molar refractivity (Wildman–Crippen MR) is 141 cm³/mol. The van der Waals surface area contributed by atoms with Gasteiger partial charge in [0.25, 0.3) is 5.56 Å². The highest BCUT2D eigenvalue weighted by atomic mass is 16.5. The molecular formula is C27H25N7O3. The van der Waals surface area contributed by atoms with Gasteiger partial charge in [0, 0.05) is 39.0 Å². The summed E-state index contributed by atoms with van der Waals surface area (Å²) in [4.78, 5) is 36.2. The average molecular weight is 496 g/mol. The Morgan fingerprint density at radius 1 is 1.08 bits per heavy atom. The van der Waals surface area contributed by atoms with Gasteiger partial charge in [-0.3, -0.25) is 14.2 Å². The molecule has 5 aromatic rings. The predicted octanol–water partition coefficient (Wildman–Crippen LogP) is 3.87. The van der Waals surface area contributed by atoms with Crippen molar-refractivity contribution in [1.29, 1.82) is 0 Å². The second-order valence-corrected chi connectivity index (χ2v) is 8.46. The number of ketones is 1. The van der Waals surface area contributed by atoms with Gasteiger partial charge in [-0.05, 0) is 42.0 Å². The minimum Gasteiger partial charge on any atom is -0.497 e. The fraction of sp³-hybridized carbons (Fsp3) is 0.148. The molecular weight excluding hydrogens is 470 g/mol. The third-order valence-corrected chi connectivity index (χ3v) is 5.91. The van der Waals surface area contributed by atoms with Crippen LogP contribution in [-0.4, -0.2) is 44.1 Å². The van der Waals surface area contributed by atoms with Crippen LogP contribution in [0.5, 0.6) is 5.75 Å². The number of nitrogens with zero attached hydrogens (tertiary/aromatic N) is 6. The SMILES string of the molecule is COc1ccc(CN(C)c2cc(Nc3cccn(-c4ccccn4)c3=O)nn3c(C(C)=O)cnc23)cc1. The van der Waals surface area contributed by atoms with Crippen LogP contribution in [0.25, 0.3) is 11.5 Å². The Morgan fingerprint density at radius 2 is 1.89 bits per heavy atom. The van der Waals surface area contributed by atoms with Gasteiger partial charge in [0.2, 0.25) is 0 Å². The van der Waals surface area contributed by atoms with Crippen LogP contribution in [0.3, 0.4) is 0 Å². The minimum atomic E-state index is -0.284. The van der Waals surface area contributed by atoms with Gasteiger partial charge in [0.1, 0.15) is 22.9 Å². The van der Waals surface area contributed by atoms with E-state index < -0.39 is 0 Å². The van der Waals surface area contributed by atoms with Crippen LogP contribution in [-0.2, 0) is 6.54 Å². The first-order chi connectivity index (χ1) is 17.9. The summed E-state index contributed by atoms with van der Waals surface area (Å²) < 4.78 is 8.21. The molecule has 0 saturated carbocycles. The topological polar surface area (TPSA) is 107 Å². The van der Waals surface area contributed by atoms with Crippen molar-refractivity contribution in [2.75, 3.05) is 24.4 Å². The summed E-state index contributed by atoms with van der Waals surface area (Å²) in [6.07, 6.45) is 4.80. The van der Waals surface area contributed by atoms with Crippen molar-refractivity contribution in [2.45, 2.75) is 13.5 Å². The molecule has 0 spiro atoms. The maximum atomic E-state index is 13.2. The molecule has 0 saturated heterocycles. The summed E-state index contributed by atoms with van der Waals surface area (Å²) in [6.45, 7) is 2.04. The smallest absolute Gasteiger partial charge is 0.279 e. The summed E-state index contributed by atoms with van der Waals surface area (Å²) in [5.74, 6) is 1.51. The van der Waals surface area contributed by atoms with E-state index in [9.17, 15) is 9.59 Å². The van der Waals surface area contributed by atoms with Crippen molar-refractivity contribution in [3.05, 3.63) is 101 Å². The van der Waals surface area contributed by atoms with E-state index in [1.807, 2.05) is 48.3 Å². The number of nitrogens with one attached hydrogen (secondary N) is 1. The maximum absolute atomic E-state index is 13.2. The Hall–Kier alpha value is -4.99.